The molecular formula is C24H24N6O2S. The van der Waals surface area contributed by atoms with Gasteiger partial charge in [-0.3, -0.25) is 0 Å². The second kappa shape index (κ2) is 9.14. The first-order valence-corrected chi connectivity index (χ1v) is 12.2. The first-order valence-electron chi connectivity index (χ1n) is 10.7. The van der Waals surface area contributed by atoms with E-state index in [9.17, 15) is 8.42 Å². The third kappa shape index (κ3) is 4.65. The second-order valence-corrected chi connectivity index (χ2v) is 9.70. The molecule has 1 saturated heterocycles. The van der Waals surface area contributed by atoms with Crippen LogP contribution in [0.5, 0.6) is 0 Å². The van der Waals surface area contributed by atoms with Gasteiger partial charge in [0.15, 0.2) is 0 Å². The molecule has 3 N–H and O–H groups in total. The molecule has 1 aliphatic rings. The summed E-state index contributed by atoms with van der Waals surface area (Å²) in [5.74, 6) is 0.400. The lowest BCUT2D eigenvalue weighted by molar-refractivity contribution is 0.360. The fourth-order valence-corrected chi connectivity index (χ4v) is 5.31. The van der Waals surface area contributed by atoms with Crippen molar-refractivity contribution in [2.24, 2.45) is 0 Å². The first kappa shape index (κ1) is 21.3. The Balaban J connectivity index is 1.29. The Hall–Kier alpha value is -3.53. The number of piperazine rings is 1. The molecule has 0 spiro atoms. The number of anilines is 2. The van der Waals surface area contributed by atoms with Gasteiger partial charge in [0.05, 0.1) is 4.90 Å². The number of sulfonamides is 1. The van der Waals surface area contributed by atoms with E-state index in [-0.39, 0.29) is 4.90 Å². The SMILES string of the molecule is O=S(=O)(c1cccc(Nc2ncc(C=Cc3cccc4[nH]ccc34)cn2)c1)N1CCNCC1. The molecule has 0 bridgehead atoms. The van der Waals surface area contributed by atoms with Crippen LogP contribution in [0.2, 0.25) is 0 Å². The van der Waals surface area contributed by atoms with Crippen molar-refractivity contribution in [2.75, 3.05) is 31.5 Å². The summed E-state index contributed by atoms with van der Waals surface area (Å²) in [6.07, 6.45) is 9.38. The first-order chi connectivity index (χ1) is 16.1. The van der Waals surface area contributed by atoms with Crippen molar-refractivity contribution < 1.29 is 8.42 Å². The van der Waals surface area contributed by atoms with Crippen LogP contribution >= 0.6 is 0 Å². The van der Waals surface area contributed by atoms with E-state index in [0.29, 0.717) is 37.8 Å². The third-order valence-electron chi connectivity index (χ3n) is 5.56. The van der Waals surface area contributed by atoms with E-state index >= 15 is 0 Å². The van der Waals surface area contributed by atoms with Crippen LogP contribution in [0.3, 0.4) is 0 Å². The number of rotatable bonds is 6. The van der Waals surface area contributed by atoms with Gasteiger partial charge in [-0.1, -0.05) is 30.4 Å². The Kier molecular flexibility index (Phi) is 5.91. The van der Waals surface area contributed by atoms with Gasteiger partial charge in [-0.05, 0) is 35.9 Å². The summed E-state index contributed by atoms with van der Waals surface area (Å²) in [6, 6.07) is 14.9. The minimum atomic E-state index is -3.53. The van der Waals surface area contributed by atoms with Gasteiger partial charge in [0.2, 0.25) is 16.0 Å². The highest BCUT2D eigenvalue weighted by Gasteiger charge is 2.25. The highest BCUT2D eigenvalue weighted by atomic mass is 32.2. The van der Waals surface area contributed by atoms with Crippen LogP contribution in [0.1, 0.15) is 11.1 Å². The van der Waals surface area contributed by atoms with E-state index < -0.39 is 10.0 Å². The molecule has 2 aromatic heterocycles. The second-order valence-electron chi connectivity index (χ2n) is 7.77. The quantitative estimate of drug-likeness (QED) is 0.407. The molecule has 0 amide bonds. The minimum absolute atomic E-state index is 0.257. The Morgan fingerprint density at radius 3 is 2.58 bits per heavy atom. The standard InChI is InChI=1S/C24H24N6O2S/c31-33(32,30-13-11-25-12-14-30)21-5-2-4-20(15-21)29-24-27-16-18(17-28-24)7-8-19-3-1-6-23-22(19)9-10-26-23/h1-10,15-17,25-26H,11-14H2,(H,27,28,29). The number of aromatic amines is 1. The largest absolute Gasteiger partial charge is 0.361 e. The summed E-state index contributed by atoms with van der Waals surface area (Å²) in [5.41, 5.74) is 3.68. The number of hydrogen-bond donors (Lipinski definition) is 3. The molecule has 1 fully saturated rings. The topological polar surface area (TPSA) is 103 Å². The van der Waals surface area contributed by atoms with Crippen LogP contribution < -0.4 is 10.6 Å². The van der Waals surface area contributed by atoms with E-state index in [0.717, 1.165) is 22.0 Å². The molecule has 1 aliphatic heterocycles. The molecule has 0 aliphatic carbocycles. The van der Waals surface area contributed by atoms with Crippen LogP contribution in [0.4, 0.5) is 11.6 Å². The van der Waals surface area contributed by atoms with Crippen LogP contribution in [-0.4, -0.2) is 53.9 Å². The predicted molar refractivity (Wildman–Crippen MR) is 131 cm³/mol. The summed E-state index contributed by atoms with van der Waals surface area (Å²) in [6.45, 7) is 2.26. The lowest BCUT2D eigenvalue weighted by atomic mass is 10.1. The molecular weight excluding hydrogens is 436 g/mol. The van der Waals surface area contributed by atoms with Gasteiger partial charge in [-0.25, -0.2) is 18.4 Å². The molecule has 3 heterocycles. The fraction of sp³-hybridized carbons (Fsp3) is 0.167. The average Bonchev–Trinajstić information content (AvgIpc) is 3.34. The third-order valence-corrected chi connectivity index (χ3v) is 7.45. The maximum atomic E-state index is 12.9. The monoisotopic (exact) mass is 460 g/mol. The number of benzene rings is 2. The van der Waals surface area contributed by atoms with Crippen molar-refractivity contribution in [1.29, 1.82) is 0 Å². The van der Waals surface area contributed by atoms with Gasteiger partial charge in [-0.2, -0.15) is 4.31 Å². The number of hydrogen-bond acceptors (Lipinski definition) is 6. The van der Waals surface area contributed by atoms with Gasteiger partial charge in [0.1, 0.15) is 0 Å². The van der Waals surface area contributed by atoms with Crippen molar-refractivity contribution in [2.45, 2.75) is 4.90 Å². The Labute approximate surface area is 192 Å². The normalized spacial score (nSPS) is 15.3. The molecule has 8 nitrogen and oxygen atoms in total. The van der Waals surface area contributed by atoms with Crippen molar-refractivity contribution in [3.05, 3.63) is 78.2 Å². The van der Waals surface area contributed by atoms with E-state index in [2.05, 4.69) is 37.7 Å². The van der Waals surface area contributed by atoms with Gasteiger partial charge in [0.25, 0.3) is 0 Å². The smallest absolute Gasteiger partial charge is 0.243 e. The Morgan fingerprint density at radius 2 is 1.76 bits per heavy atom. The van der Waals surface area contributed by atoms with Crippen LogP contribution in [0.15, 0.2) is 72.0 Å². The summed E-state index contributed by atoms with van der Waals surface area (Å²) in [7, 11) is -3.53. The highest BCUT2D eigenvalue weighted by Crippen LogP contribution is 2.22. The van der Waals surface area contributed by atoms with E-state index in [1.54, 1.807) is 36.7 Å². The number of nitrogens with zero attached hydrogens (tertiary/aromatic N) is 3. The molecule has 0 atom stereocenters. The maximum Gasteiger partial charge on any atom is 0.243 e. The zero-order valence-corrected chi connectivity index (χ0v) is 18.7. The summed E-state index contributed by atoms with van der Waals surface area (Å²) in [5, 5.41) is 7.42. The molecule has 9 heteroatoms. The molecule has 5 rings (SSSR count). The average molecular weight is 461 g/mol. The molecule has 168 valence electrons. The fourth-order valence-electron chi connectivity index (χ4n) is 3.83. The molecule has 0 radical (unpaired) electrons. The Morgan fingerprint density at radius 1 is 0.970 bits per heavy atom. The van der Waals surface area contributed by atoms with E-state index in [1.165, 1.54) is 4.31 Å². The zero-order valence-electron chi connectivity index (χ0n) is 17.9. The predicted octanol–water partition coefficient (Wildman–Crippen LogP) is 3.47. The number of aromatic nitrogens is 3. The van der Waals surface area contributed by atoms with Crippen LogP contribution in [-0.2, 0) is 10.0 Å². The van der Waals surface area contributed by atoms with E-state index in [4.69, 9.17) is 0 Å². The van der Waals surface area contributed by atoms with Crippen molar-refractivity contribution >= 4 is 44.7 Å². The lowest BCUT2D eigenvalue weighted by Crippen LogP contribution is -2.46. The zero-order chi connectivity index (χ0) is 22.7. The molecule has 0 saturated carbocycles. The van der Waals surface area contributed by atoms with Crippen LogP contribution in [0.25, 0.3) is 23.1 Å². The summed E-state index contributed by atoms with van der Waals surface area (Å²) < 4.78 is 27.3. The van der Waals surface area contributed by atoms with Gasteiger partial charge < -0.3 is 15.6 Å². The molecule has 0 unspecified atom stereocenters. The van der Waals surface area contributed by atoms with Gasteiger partial charge in [0, 0.05) is 66.9 Å². The van der Waals surface area contributed by atoms with E-state index in [1.807, 2.05) is 30.5 Å². The molecule has 4 aromatic rings. The van der Waals surface area contributed by atoms with Crippen molar-refractivity contribution in [1.82, 2.24) is 24.6 Å². The lowest BCUT2D eigenvalue weighted by Gasteiger charge is -2.26. The summed E-state index contributed by atoms with van der Waals surface area (Å²) in [4.78, 5) is 12.2. The minimum Gasteiger partial charge on any atom is -0.361 e. The van der Waals surface area contributed by atoms with Crippen molar-refractivity contribution in [3.63, 3.8) is 0 Å². The maximum absolute atomic E-state index is 12.9. The number of fused-ring (bicyclic) bond motifs is 1. The molecule has 33 heavy (non-hydrogen) atoms. The molecule has 2 aromatic carbocycles. The number of H-pyrrole nitrogens is 1. The Bertz CT molecular complexity index is 1390. The van der Waals surface area contributed by atoms with Crippen LogP contribution in [0, 0.1) is 0 Å². The van der Waals surface area contributed by atoms with Crippen molar-refractivity contribution in [3.8, 4) is 0 Å². The summed E-state index contributed by atoms with van der Waals surface area (Å²) >= 11 is 0. The number of nitrogens with one attached hydrogen (secondary N) is 3. The van der Waals surface area contributed by atoms with Gasteiger partial charge in [-0.15, -0.1) is 0 Å². The van der Waals surface area contributed by atoms with Gasteiger partial charge >= 0.3 is 0 Å². The highest BCUT2D eigenvalue weighted by molar-refractivity contribution is 7.89.